The maximum Gasteiger partial charge on any atom is 0.251 e. The zero-order valence-electron chi connectivity index (χ0n) is 16.0. The summed E-state index contributed by atoms with van der Waals surface area (Å²) >= 11 is 0. The molecule has 2 aromatic rings. The van der Waals surface area contributed by atoms with Crippen molar-refractivity contribution in [2.75, 3.05) is 6.26 Å². The molecule has 0 radical (unpaired) electrons. The van der Waals surface area contributed by atoms with E-state index in [0.717, 1.165) is 5.56 Å². The van der Waals surface area contributed by atoms with E-state index in [1.54, 1.807) is 24.3 Å². The molecule has 5 heteroatoms. The third-order valence-electron chi connectivity index (χ3n) is 4.24. The molecule has 0 spiro atoms. The Hall–Kier alpha value is -2.14. The summed E-state index contributed by atoms with van der Waals surface area (Å²) in [7, 11) is -3.13. The highest BCUT2D eigenvalue weighted by atomic mass is 32.2. The molecule has 0 saturated heterocycles. The predicted molar refractivity (Wildman–Crippen MR) is 106 cm³/mol. The lowest BCUT2D eigenvalue weighted by Crippen LogP contribution is -2.26. The summed E-state index contributed by atoms with van der Waals surface area (Å²) < 4.78 is 22.9. The van der Waals surface area contributed by atoms with Crippen LogP contribution in [-0.2, 0) is 21.0 Å². The van der Waals surface area contributed by atoms with Gasteiger partial charge < -0.3 is 5.32 Å². The highest BCUT2D eigenvalue weighted by Crippen LogP contribution is 2.24. The van der Waals surface area contributed by atoms with E-state index in [2.05, 4.69) is 38.2 Å². The van der Waals surface area contributed by atoms with Crippen LogP contribution in [0, 0.1) is 0 Å². The van der Waals surface area contributed by atoms with Gasteiger partial charge in [0.25, 0.3) is 5.91 Å². The molecule has 26 heavy (non-hydrogen) atoms. The molecule has 0 bridgehead atoms. The van der Waals surface area contributed by atoms with E-state index in [9.17, 15) is 13.2 Å². The minimum absolute atomic E-state index is 0.0715. The van der Waals surface area contributed by atoms with Crippen LogP contribution >= 0.6 is 0 Å². The van der Waals surface area contributed by atoms with E-state index in [0.29, 0.717) is 11.1 Å². The van der Waals surface area contributed by atoms with Gasteiger partial charge in [-0.15, -0.1) is 0 Å². The second-order valence-corrected chi connectivity index (χ2v) is 9.98. The van der Waals surface area contributed by atoms with Crippen LogP contribution in [0.2, 0.25) is 0 Å². The van der Waals surface area contributed by atoms with Gasteiger partial charge in [-0.05, 0) is 41.2 Å². The van der Waals surface area contributed by atoms with Gasteiger partial charge in [0, 0.05) is 11.8 Å². The van der Waals surface area contributed by atoms with Crippen molar-refractivity contribution in [1.29, 1.82) is 0 Å². The summed E-state index contributed by atoms with van der Waals surface area (Å²) in [6.45, 7) is 8.43. The first-order valence-corrected chi connectivity index (χ1v) is 10.7. The lowest BCUT2D eigenvalue weighted by Gasteiger charge is -2.21. The number of rotatable bonds is 5. The Kier molecular flexibility index (Phi) is 5.91. The quantitative estimate of drug-likeness (QED) is 0.861. The second kappa shape index (κ2) is 7.62. The van der Waals surface area contributed by atoms with Crippen LogP contribution in [0.1, 0.15) is 60.8 Å². The number of carbonyl (C=O) groups is 1. The van der Waals surface area contributed by atoms with E-state index >= 15 is 0 Å². The van der Waals surface area contributed by atoms with Gasteiger partial charge in [-0.25, -0.2) is 8.42 Å². The molecular weight excluding hydrogens is 346 g/mol. The smallest absolute Gasteiger partial charge is 0.251 e. The van der Waals surface area contributed by atoms with Gasteiger partial charge in [0.2, 0.25) is 0 Å². The van der Waals surface area contributed by atoms with Gasteiger partial charge in [-0.3, -0.25) is 4.79 Å². The number of hydrogen-bond donors (Lipinski definition) is 1. The Morgan fingerprint density at radius 1 is 1.08 bits per heavy atom. The first-order chi connectivity index (χ1) is 12.0. The number of benzene rings is 2. The van der Waals surface area contributed by atoms with Gasteiger partial charge >= 0.3 is 0 Å². The zero-order valence-corrected chi connectivity index (χ0v) is 16.9. The summed E-state index contributed by atoms with van der Waals surface area (Å²) in [6, 6.07) is 14.8. The first-order valence-electron chi connectivity index (χ1n) is 8.64. The lowest BCUT2D eigenvalue weighted by molar-refractivity contribution is 0.0939. The van der Waals surface area contributed by atoms with Crippen molar-refractivity contribution < 1.29 is 13.2 Å². The second-order valence-electron chi connectivity index (χ2n) is 7.84. The van der Waals surface area contributed by atoms with Gasteiger partial charge in [-0.1, -0.05) is 57.2 Å². The van der Waals surface area contributed by atoms with Crippen LogP contribution in [0.5, 0.6) is 0 Å². The van der Waals surface area contributed by atoms with Crippen LogP contribution in [0.4, 0.5) is 0 Å². The standard InChI is InChI=1S/C21H27NO3S/c1-15(17-9-11-19(12-10-17)21(2,3)4)22-20(23)18-8-6-7-16(13-18)14-26(5,24)25/h6-13,15H,14H2,1-5H3,(H,22,23). The number of nitrogens with one attached hydrogen (secondary N) is 1. The molecule has 1 unspecified atom stereocenters. The number of sulfone groups is 1. The van der Waals surface area contributed by atoms with Crippen LogP contribution < -0.4 is 5.32 Å². The van der Waals surface area contributed by atoms with Crippen molar-refractivity contribution in [1.82, 2.24) is 5.32 Å². The van der Waals surface area contributed by atoms with Gasteiger partial charge in [0.1, 0.15) is 0 Å². The molecule has 0 aliphatic carbocycles. The molecule has 4 nitrogen and oxygen atoms in total. The van der Waals surface area contributed by atoms with E-state index in [-0.39, 0.29) is 23.1 Å². The van der Waals surface area contributed by atoms with Crippen molar-refractivity contribution in [2.45, 2.75) is 44.9 Å². The molecule has 0 saturated carbocycles. The van der Waals surface area contributed by atoms with Gasteiger partial charge in [0.05, 0.1) is 11.8 Å². The zero-order chi connectivity index (χ0) is 19.5. The maximum absolute atomic E-state index is 12.5. The van der Waals surface area contributed by atoms with E-state index < -0.39 is 9.84 Å². The average Bonchev–Trinajstić information content (AvgIpc) is 2.52. The van der Waals surface area contributed by atoms with E-state index in [1.807, 2.05) is 19.1 Å². The topological polar surface area (TPSA) is 63.2 Å². The lowest BCUT2D eigenvalue weighted by atomic mass is 9.86. The predicted octanol–water partition coefficient (Wildman–Crippen LogP) is 4.02. The van der Waals surface area contributed by atoms with Crippen LogP contribution in [0.3, 0.4) is 0 Å². The van der Waals surface area contributed by atoms with Crippen molar-refractivity contribution in [3.05, 3.63) is 70.8 Å². The van der Waals surface area contributed by atoms with E-state index in [1.165, 1.54) is 11.8 Å². The fourth-order valence-corrected chi connectivity index (χ4v) is 3.53. The monoisotopic (exact) mass is 373 g/mol. The Balaban J connectivity index is 2.10. The van der Waals surface area contributed by atoms with Crippen LogP contribution in [0.25, 0.3) is 0 Å². The summed E-state index contributed by atoms with van der Waals surface area (Å²) in [4.78, 5) is 12.5. The molecule has 140 valence electrons. The van der Waals surface area contributed by atoms with Gasteiger partial charge in [-0.2, -0.15) is 0 Å². The molecule has 0 fully saturated rings. The summed E-state index contributed by atoms with van der Waals surface area (Å²) in [6.07, 6.45) is 1.18. The Labute approximate surface area is 156 Å². The molecule has 0 aliphatic rings. The molecule has 1 N–H and O–H groups in total. The third-order valence-corrected chi connectivity index (χ3v) is 5.10. The third kappa shape index (κ3) is 5.70. The highest BCUT2D eigenvalue weighted by molar-refractivity contribution is 7.89. The Morgan fingerprint density at radius 3 is 2.23 bits per heavy atom. The number of carbonyl (C=O) groups excluding carboxylic acids is 1. The minimum atomic E-state index is -3.13. The molecular formula is C21H27NO3S. The molecule has 1 amide bonds. The molecule has 0 aliphatic heterocycles. The van der Waals surface area contributed by atoms with Crippen LogP contribution in [-0.4, -0.2) is 20.6 Å². The summed E-state index contributed by atoms with van der Waals surface area (Å²) in [5.74, 6) is -0.287. The maximum atomic E-state index is 12.5. The summed E-state index contributed by atoms with van der Waals surface area (Å²) in [5.41, 5.74) is 3.43. The number of hydrogen-bond acceptors (Lipinski definition) is 3. The largest absolute Gasteiger partial charge is 0.346 e. The summed E-state index contributed by atoms with van der Waals surface area (Å²) in [5, 5.41) is 2.97. The molecule has 0 heterocycles. The highest BCUT2D eigenvalue weighted by Gasteiger charge is 2.16. The normalized spacial score (nSPS) is 13.3. The fourth-order valence-electron chi connectivity index (χ4n) is 2.74. The average molecular weight is 374 g/mol. The first kappa shape index (κ1) is 20.2. The van der Waals surface area contributed by atoms with Crippen molar-refractivity contribution in [3.63, 3.8) is 0 Å². The Morgan fingerprint density at radius 2 is 1.69 bits per heavy atom. The fraction of sp³-hybridized carbons (Fsp3) is 0.381. The minimum Gasteiger partial charge on any atom is -0.346 e. The molecule has 1 atom stereocenters. The molecule has 0 aromatic heterocycles. The number of amides is 1. The van der Waals surface area contributed by atoms with E-state index in [4.69, 9.17) is 0 Å². The van der Waals surface area contributed by atoms with Crippen LogP contribution in [0.15, 0.2) is 48.5 Å². The van der Waals surface area contributed by atoms with Gasteiger partial charge in [0.15, 0.2) is 9.84 Å². The molecule has 2 rings (SSSR count). The van der Waals surface area contributed by atoms with Crippen molar-refractivity contribution in [3.8, 4) is 0 Å². The SMILES string of the molecule is CC(NC(=O)c1cccc(CS(C)(=O)=O)c1)c1ccc(C(C)(C)C)cc1. The Bertz CT molecular complexity index is 878. The molecule has 2 aromatic carbocycles. The van der Waals surface area contributed by atoms with Crippen molar-refractivity contribution in [2.24, 2.45) is 0 Å². The van der Waals surface area contributed by atoms with Crippen molar-refractivity contribution >= 4 is 15.7 Å².